The van der Waals surface area contributed by atoms with Crippen LogP contribution < -0.4 is 5.32 Å². The molecule has 152 valence electrons. The number of amides is 1. The van der Waals surface area contributed by atoms with Crippen LogP contribution in [0.25, 0.3) is 10.9 Å². The number of likely N-dealkylation sites (tertiary alicyclic amines) is 1. The molecule has 0 aliphatic carbocycles. The highest BCUT2D eigenvalue weighted by Gasteiger charge is 2.24. The van der Waals surface area contributed by atoms with E-state index in [4.69, 9.17) is 0 Å². The molecule has 1 unspecified atom stereocenters. The maximum atomic E-state index is 12.4. The molecule has 1 saturated heterocycles. The average molecular weight is 392 g/mol. The smallest absolute Gasteiger partial charge is 0.220 e. The van der Waals surface area contributed by atoms with Crippen LogP contribution in [-0.2, 0) is 24.3 Å². The summed E-state index contributed by atoms with van der Waals surface area (Å²) in [6.45, 7) is 2.61. The Hall–Kier alpha value is -2.63. The molecule has 1 aliphatic rings. The number of aromatic nitrogens is 1. The fraction of sp³-hybridized carbons (Fsp3) is 0.375. The summed E-state index contributed by atoms with van der Waals surface area (Å²) in [4.78, 5) is 18.0. The number of carbonyl (C=O) groups is 1. The van der Waals surface area contributed by atoms with E-state index in [0.29, 0.717) is 13.0 Å². The number of aromatic amines is 1. The molecule has 2 heterocycles. The second kappa shape index (κ2) is 9.25. The number of aliphatic hydroxyl groups is 1. The van der Waals surface area contributed by atoms with Gasteiger partial charge in [-0.05, 0) is 48.6 Å². The zero-order valence-corrected chi connectivity index (χ0v) is 16.7. The van der Waals surface area contributed by atoms with Crippen LogP contribution in [0, 0.1) is 0 Å². The normalized spacial score (nSPS) is 17.1. The van der Waals surface area contributed by atoms with Crippen molar-refractivity contribution >= 4 is 16.8 Å². The largest absolute Gasteiger partial charge is 0.395 e. The predicted molar refractivity (Wildman–Crippen MR) is 115 cm³/mol. The number of hydrogen-bond donors (Lipinski definition) is 3. The Balaban J connectivity index is 1.32. The van der Waals surface area contributed by atoms with Crippen molar-refractivity contribution < 1.29 is 9.90 Å². The van der Waals surface area contributed by atoms with Gasteiger partial charge in [0.2, 0.25) is 5.91 Å². The molecule has 4 rings (SSSR count). The van der Waals surface area contributed by atoms with Crippen molar-refractivity contribution in [3.8, 4) is 0 Å². The fourth-order valence-corrected chi connectivity index (χ4v) is 4.28. The van der Waals surface area contributed by atoms with Gasteiger partial charge in [-0.25, -0.2) is 0 Å². The average Bonchev–Trinajstić information content (AvgIpc) is 3.38. The van der Waals surface area contributed by atoms with Crippen LogP contribution in [0.3, 0.4) is 0 Å². The van der Waals surface area contributed by atoms with Crippen molar-refractivity contribution in [2.24, 2.45) is 0 Å². The number of carbonyl (C=O) groups excluding carboxylic acids is 1. The molecular weight excluding hydrogens is 362 g/mol. The van der Waals surface area contributed by atoms with Gasteiger partial charge in [0, 0.05) is 42.7 Å². The van der Waals surface area contributed by atoms with Crippen molar-refractivity contribution in [3.63, 3.8) is 0 Å². The zero-order valence-electron chi connectivity index (χ0n) is 16.7. The maximum Gasteiger partial charge on any atom is 0.220 e. The van der Waals surface area contributed by atoms with Crippen LogP contribution in [0.2, 0.25) is 0 Å². The summed E-state index contributed by atoms with van der Waals surface area (Å²) < 4.78 is 0. The van der Waals surface area contributed by atoms with E-state index < -0.39 is 0 Å². The third kappa shape index (κ3) is 4.69. The molecule has 5 nitrogen and oxygen atoms in total. The van der Waals surface area contributed by atoms with Gasteiger partial charge in [0.15, 0.2) is 0 Å². The highest BCUT2D eigenvalue weighted by atomic mass is 16.3. The monoisotopic (exact) mass is 391 g/mol. The fourth-order valence-electron chi connectivity index (χ4n) is 4.28. The van der Waals surface area contributed by atoms with Crippen molar-refractivity contribution in [3.05, 3.63) is 71.4 Å². The highest BCUT2D eigenvalue weighted by Crippen LogP contribution is 2.22. The van der Waals surface area contributed by atoms with Crippen molar-refractivity contribution in [1.82, 2.24) is 15.2 Å². The van der Waals surface area contributed by atoms with Crippen LogP contribution in [0.1, 0.15) is 36.0 Å². The van der Waals surface area contributed by atoms with E-state index >= 15 is 0 Å². The molecule has 1 aromatic heterocycles. The molecule has 0 radical (unpaired) electrons. The molecule has 29 heavy (non-hydrogen) atoms. The van der Waals surface area contributed by atoms with Gasteiger partial charge in [0.25, 0.3) is 0 Å². The number of nitrogens with one attached hydrogen (secondary N) is 2. The molecule has 0 bridgehead atoms. The molecule has 2 aromatic carbocycles. The molecule has 1 atom stereocenters. The minimum absolute atomic E-state index is 0.0690. The van der Waals surface area contributed by atoms with Crippen molar-refractivity contribution in [2.75, 3.05) is 13.2 Å². The first-order chi connectivity index (χ1) is 14.2. The number of rotatable bonds is 8. The van der Waals surface area contributed by atoms with E-state index in [1.807, 2.05) is 30.5 Å². The van der Waals surface area contributed by atoms with Crippen LogP contribution in [-0.4, -0.2) is 40.1 Å². The van der Waals surface area contributed by atoms with E-state index in [1.54, 1.807) is 0 Å². The Morgan fingerprint density at radius 1 is 1.10 bits per heavy atom. The number of para-hydroxylation sites is 1. The second-order valence-corrected chi connectivity index (χ2v) is 7.85. The van der Waals surface area contributed by atoms with E-state index in [0.717, 1.165) is 43.4 Å². The van der Waals surface area contributed by atoms with Crippen LogP contribution in [0.4, 0.5) is 0 Å². The van der Waals surface area contributed by atoms with Gasteiger partial charge >= 0.3 is 0 Å². The number of nitrogens with zero attached hydrogens (tertiary/aromatic N) is 1. The number of benzene rings is 2. The summed E-state index contributed by atoms with van der Waals surface area (Å²) in [5.74, 6) is 0.0690. The molecule has 1 aliphatic heterocycles. The summed E-state index contributed by atoms with van der Waals surface area (Å²) in [7, 11) is 0. The Bertz CT molecular complexity index is 965. The molecule has 1 fully saturated rings. The summed E-state index contributed by atoms with van der Waals surface area (Å²) in [5.41, 5.74) is 4.67. The number of fused-ring (bicyclic) bond motifs is 1. The summed E-state index contributed by atoms with van der Waals surface area (Å²) in [6, 6.07) is 16.7. The van der Waals surface area contributed by atoms with Crippen molar-refractivity contribution in [2.45, 2.75) is 44.8 Å². The zero-order chi connectivity index (χ0) is 20.1. The Kier molecular flexibility index (Phi) is 6.27. The third-order valence-corrected chi connectivity index (χ3v) is 5.97. The number of H-pyrrole nitrogens is 1. The van der Waals surface area contributed by atoms with Gasteiger partial charge in [0.05, 0.1) is 6.61 Å². The summed E-state index contributed by atoms with van der Waals surface area (Å²) >= 11 is 0. The quantitative estimate of drug-likeness (QED) is 0.551. The minimum atomic E-state index is 0.0690. The lowest BCUT2D eigenvalue weighted by atomic mass is 10.1. The van der Waals surface area contributed by atoms with Gasteiger partial charge in [-0.15, -0.1) is 0 Å². The maximum absolute atomic E-state index is 12.4. The summed E-state index contributed by atoms with van der Waals surface area (Å²) in [5, 5.41) is 13.8. The van der Waals surface area contributed by atoms with Crippen LogP contribution >= 0.6 is 0 Å². The van der Waals surface area contributed by atoms with E-state index in [-0.39, 0.29) is 18.6 Å². The molecule has 1 amide bonds. The van der Waals surface area contributed by atoms with Gasteiger partial charge in [-0.3, -0.25) is 9.69 Å². The topological polar surface area (TPSA) is 68.4 Å². The van der Waals surface area contributed by atoms with Gasteiger partial charge in [-0.1, -0.05) is 42.5 Å². The lowest BCUT2D eigenvalue weighted by Gasteiger charge is -2.24. The lowest BCUT2D eigenvalue weighted by molar-refractivity contribution is -0.121. The highest BCUT2D eigenvalue weighted by molar-refractivity contribution is 5.84. The molecule has 3 N–H and O–H groups in total. The second-order valence-electron chi connectivity index (χ2n) is 7.85. The standard InChI is InChI=1S/C24H29N3O2/c28-17-21-8-5-13-27(21)16-20-7-2-1-6-18(20)14-26-24(29)12-11-19-15-25-23-10-4-3-9-22(19)23/h1-4,6-7,9-10,15,21,25,28H,5,8,11-14,16-17H2,(H,26,29). The van der Waals surface area contributed by atoms with Gasteiger partial charge in [0.1, 0.15) is 0 Å². The van der Waals surface area contributed by atoms with Gasteiger partial charge in [-0.2, -0.15) is 0 Å². The van der Waals surface area contributed by atoms with E-state index in [1.165, 1.54) is 16.5 Å². The van der Waals surface area contributed by atoms with Crippen molar-refractivity contribution in [1.29, 1.82) is 0 Å². The summed E-state index contributed by atoms with van der Waals surface area (Å²) in [6.07, 6.45) is 5.40. The predicted octanol–water partition coefficient (Wildman–Crippen LogP) is 3.37. The number of aliphatic hydroxyl groups excluding tert-OH is 1. The first-order valence-corrected chi connectivity index (χ1v) is 10.5. The molecule has 5 heteroatoms. The SMILES string of the molecule is O=C(CCc1c[nH]c2ccccc12)NCc1ccccc1CN1CCCC1CO. The molecular formula is C24H29N3O2. The van der Waals surface area contributed by atoms with Crippen LogP contribution in [0.5, 0.6) is 0 Å². The van der Waals surface area contributed by atoms with E-state index in [9.17, 15) is 9.90 Å². The third-order valence-electron chi connectivity index (χ3n) is 5.97. The molecule has 0 saturated carbocycles. The number of aryl methyl sites for hydroxylation is 1. The lowest BCUT2D eigenvalue weighted by Crippen LogP contribution is -2.32. The van der Waals surface area contributed by atoms with Crippen LogP contribution in [0.15, 0.2) is 54.7 Å². The Labute approximate surface area is 171 Å². The minimum Gasteiger partial charge on any atom is -0.395 e. The van der Waals surface area contributed by atoms with Gasteiger partial charge < -0.3 is 15.4 Å². The Morgan fingerprint density at radius 3 is 2.76 bits per heavy atom. The Morgan fingerprint density at radius 2 is 1.90 bits per heavy atom. The first-order valence-electron chi connectivity index (χ1n) is 10.5. The molecule has 3 aromatic rings. The number of hydrogen-bond acceptors (Lipinski definition) is 3. The first kappa shape index (κ1) is 19.7. The van der Waals surface area contributed by atoms with E-state index in [2.05, 4.69) is 39.5 Å². The molecule has 0 spiro atoms.